The maximum Gasteiger partial charge on any atom is 0.254 e. The van der Waals surface area contributed by atoms with E-state index in [1.807, 2.05) is 36.4 Å². The van der Waals surface area contributed by atoms with Gasteiger partial charge in [0, 0.05) is 13.1 Å². The fourth-order valence-electron chi connectivity index (χ4n) is 2.83. The van der Waals surface area contributed by atoms with Gasteiger partial charge in [0.05, 0.1) is 12.8 Å². The fraction of sp³-hybridized carbons (Fsp3) is 0.130. The molecule has 0 aromatic heterocycles. The minimum absolute atomic E-state index is 0.179. The lowest BCUT2D eigenvalue weighted by molar-refractivity contribution is -0.122. The van der Waals surface area contributed by atoms with Crippen LogP contribution in [0.5, 0.6) is 5.75 Å². The number of phenols is 1. The first kappa shape index (κ1) is 19.3. The third kappa shape index (κ3) is 6.37. The zero-order valence-corrected chi connectivity index (χ0v) is 15.5. The molecule has 0 radical (unpaired) electrons. The Labute approximate surface area is 165 Å². The lowest BCUT2D eigenvalue weighted by atomic mass is 10.1. The molecule has 0 unspecified atom stereocenters. The Morgan fingerprint density at radius 3 is 1.93 bits per heavy atom. The van der Waals surface area contributed by atoms with Crippen LogP contribution in [0.1, 0.15) is 16.7 Å². The van der Waals surface area contributed by atoms with Gasteiger partial charge < -0.3 is 5.11 Å². The van der Waals surface area contributed by atoms with E-state index in [9.17, 15) is 9.90 Å². The number of carbonyl (C=O) groups excluding carboxylic acids is 1. The van der Waals surface area contributed by atoms with Crippen LogP contribution in [0.15, 0.2) is 90.0 Å². The van der Waals surface area contributed by atoms with Gasteiger partial charge in [-0.1, -0.05) is 60.7 Å². The molecule has 0 saturated heterocycles. The number of benzene rings is 3. The highest BCUT2D eigenvalue weighted by molar-refractivity contribution is 5.83. The van der Waals surface area contributed by atoms with Crippen LogP contribution in [0, 0.1) is 0 Å². The molecular formula is C23H23N3O2. The van der Waals surface area contributed by atoms with Crippen LogP contribution in [0.2, 0.25) is 0 Å². The minimum atomic E-state index is -0.179. The van der Waals surface area contributed by atoms with E-state index in [1.165, 1.54) is 0 Å². The largest absolute Gasteiger partial charge is 0.508 e. The summed E-state index contributed by atoms with van der Waals surface area (Å²) in [7, 11) is 0. The summed E-state index contributed by atoms with van der Waals surface area (Å²) in [5.74, 6) is 0.0144. The molecule has 0 aliphatic carbocycles. The van der Waals surface area contributed by atoms with Crippen molar-refractivity contribution in [2.45, 2.75) is 13.1 Å². The number of carbonyl (C=O) groups is 1. The number of phenolic OH excluding ortho intramolecular Hbond substituents is 1. The summed E-state index contributed by atoms with van der Waals surface area (Å²) in [4.78, 5) is 14.5. The molecule has 0 atom stereocenters. The van der Waals surface area contributed by atoms with Gasteiger partial charge in [-0.25, -0.2) is 5.43 Å². The van der Waals surface area contributed by atoms with Gasteiger partial charge in [0.2, 0.25) is 0 Å². The summed E-state index contributed by atoms with van der Waals surface area (Å²) in [6, 6.07) is 26.8. The summed E-state index contributed by atoms with van der Waals surface area (Å²) in [6.07, 6.45) is 1.55. The van der Waals surface area contributed by atoms with Crippen molar-refractivity contribution >= 4 is 12.1 Å². The summed E-state index contributed by atoms with van der Waals surface area (Å²) in [5, 5.41) is 13.3. The molecule has 0 aliphatic heterocycles. The Bertz CT molecular complexity index is 853. The van der Waals surface area contributed by atoms with E-state index in [2.05, 4.69) is 39.7 Å². The molecule has 5 heteroatoms. The molecule has 0 aliphatic rings. The van der Waals surface area contributed by atoms with Gasteiger partial charge in [0.25, 0.3) is 5.91 Å². The molecule has 142 valence electrons. The van der Waals surface area contributed by atoms with Gasteiger partial charge in [0.15, 0.2) is 0 Å². The van der Waals surface area contributed by atoms with Crippen molar-refractivity contribution in [3.05, 3.63) is 102 Å². The molecule has 3 aromatic carbocycles. The third-order valence-corrected chi connectivity index (χ3v) is 4.16. The lowest BCUT2D eigenvalue weighted by Gasteiger charge is -2.21. The standard InChI is InChI=1S/C23H23N3O2/c27-22-13-11-19(12-14-22)15-24-25-23(28)18-26(16-20-7-3-1-4-8-20)17-21-9-5-2-6-10-21/h1-15,27H,16-18H2,(H,25,28). The summed E-state index contributed by atoms with van der Waals surface area (Å²) < 4.78 is 0. The van der Waals surface area contributed by atoms with Gasteiger partial charge in [-0.2, -0.15) is 5.10 Å². The van der Waals surface area contributed by atoms with Crippen LogP contribution in [-0.2, 0) is 17.9 Å². The first-order valence-corrected chi connectivity index (χ1v) is 9.10. The molecule has 0 spiro atoms. The minimum Gasteiger partial charge on any atom is -0.508 e. The lowest BCUT2D eigenvalue weighted by Crippen LogP contribution is -2.34. The number of hydrogen-bond donors (Lipinski definition) is 2. The van der Waals surface area contributed by atoms with Crippen molar-refractivity contribution in [2.24, 2.45) is 5.10 Å². The molecule has 5 nitrogen and oxygen atoms in total. The zero-order valence-electron chi connectivity index (χ0n) is 15.5. The molecule has 28 heavy (non-hydrogen) atoms. The maximum absolute atomic E-state index is 12.4. The molecule has 0 bridgehead atoms. The number of rotatable bonds is 8. The second-order valence-corrected chi connectivity index (χ2v) is 6.50. The van der Waals surface area contributed by atoms with Crippen LogP contribution in [0.3, 0.4) is 0 Å². The number of nitrogens with zero attached hydrogens (tertiary/aromatic N) is 2. The number of aromatic hydroxyl groups is 1. The second-order valence-electron chi connectivity index (χ2n) is 6.50. The number of hydrogen-bond acceptors (Lipinski definition) is 4. The molecule has 0 saturated carbocycles. The summed E-state index contributed by atoms with van der Waals surface area (Å²) in [6.45, 7) is 1.58. The number of amides is 1. The predicted molar refractivity (Wildman–Crippen MR) is 111 cm³/mol. The predicted octanol–water partition coefficient (Wildman–Crippen LogP) is 3.54. The van der Waals surface area contributed by atoms with E-state index in [0.717, 1.165) is 16.7 Å². The van der Waals surface area contributed by atoms with Crippen molar-refractivity contribution in [3.8, 4) is 5.75 Å². The van der Waals surface area contributed by atoms with E-state index in [1.54, 1.807) is 30.5 Å². The molecular weight excluding hydrogens is 350 g/mol. The van der Waals surface area contributed by atoms with Crippen LogP contribution >= 0.6 is 0 Å². The Morgan fingerprint density at radius 1 is 0.857 bits per heavy atom. The van der Waals surface area contributed by atoms with Crippen molar-refractivity contribution in [2.75, 3.05) is 6.54 Å². The van der Waals surface area contributed by atoms with E-state index in [0.29, 0.717) is 13.1 Å². The topological polar surface area (TPSA) is 64.9 Å². The van der Waals surface area contributed by atoms with Crippen LogP contribution < -0.4 is 5.43 Å². The highest BCUT2D eigenvalue weighted by Crippen LogP contribution is 2.10. The molecule has 3 rings (SSSR count). The van der Waals surface area contributed by atoms with Crippen LogP contribution in [0.25, 0.3) is 0 Å². The molecule has 0 fully saturated rings. The monoisotopic (exact) mass is 373 g/mol. The maximum atomic E-state index is 12.4. The average molecular weight is 373 g/mol. The van der Waals surface area contributed by atoms with Crippen molar-refractivity contribution < 1.29 is 9.90 Å². The van der Waals surface area contributed by atoms with E-state index in [-0.39, 0.29) is 18.2 Å². The molecule has 2 N–H and O–H groups in total. The van der Waals surface area contributed by atoms with Crippen molar-refractivity contribution in [3.63, 3.8) is 0 Å². The first-order chi connectivity index (χ1) is 13.7. The molecule has 3 aromatic rings. The van der Waals surface area contributed by atoms with Gasteiger partial charge in [-0.05, 0) is 41.0 Å². The van der Waals surface area contributed by atoms with Crippen LogP contribution in [-0.4, -0.2) is 28.7 Å². The summed E-state index contributed by atoms with van der Waals surface area (Å²) >= 11 is 0. The zero-order chi connectivity index (χ0) is 19.6. The van der Waals surface area contributed by atoms with E-state index < -0.39 is 0 Å². The van der Waals surface area contributed by atoms with Gasteiger partial charge in [0.1, 0.15) is 5.75 Å². The quantitative estimate of drug-likeness (QED) is 0.469. The average Bonchev–Trinajstić information content (AvgIpc) is 2.71. The van der Waals surface area contributed by atoms with Gasteiger partial charge in [-0.15, -0.1) is 0 Å². The third-order valence-electron chi connectivity index (χ3n) is 4.16. The second kappa shape index (κ2) is 10.0. The Kier molecular flexibility index (Phi) is 6.93. The first-order valence-electron chi connectivity index (χ1n) is 9.10. The Hall–Kier alpha value is -3.44. The van der Waals surface area contributed by atoms with Crippen LogP contribution in [0.4, 0.5) is 0 Å². The Balaban J connectivity index is 1.60. The van der Waals surface area contributed by atoms with Gasteiger partial charge >= 0.3 is 0 Å². The molecule has 1 amide bonds. The van der Waals surface area contributed by atoms with Crippen molar-refractivity contribution in [1.29, 1.82) is 0 Å². The highest BCUT2D eigenvalue weighted by atomic mass is 16.3. The fourth-order valence-corrected chi connectivity index (χ4v) is 2.83. The van der Waals surface area contributed by atoms with Crippen molar-refractivity contribution in [1.82, 2.24) is 10.3 Å². The van der Waals surface area contributed by atoms with E-state index in [4.69, 9.17) is 0 Å². The number of nitrogens with one attached hydrogen (secondary N) is 1. The number of hydrazone groups is 1. The highest BCUT2D eigenvalue weighted by Gasteiger charge is 2.12. The normalized spacial score (nSPS) is 11.0. The molecule has 0 heterocycles. The summed E-state index contributed by atoms with van der Waals surface area (Å²) in [5.41, 5.74) is 5.67. The Morgan fingerprint density at radius 2 is 1.39 bits per heavy atom. The smallest absolute Gasteiger partial charge is 0.254 e. The van der Waals surface area contributed by atoms with Gasteiger partial charge in [-0.3, -0.25) is 9.69 Å². The SMILES string of the molecule is O=C(CN(Cc1ccccc1)Cc1ccccc1)NN=Cc1ccc(O)cc1. The van der Waals surface area contributed by atoms with E-state index >= 15 is 0 Å².